The first kappa shape index (κ1) is 12.9. The lowest BCUT2D eigenvalue weighted by Gasteiger charge is -2.29. The van der Waals surface area contributed by atoms with Gasteiger partial charge in [0, 0.05) is 11.1 Å². The number of hydrogen-bond acceptors (Lipinski definition) is 2. The number of benzene rings is 1. The number of hydrogen-bond donors (Lipinski definition) is 2. The van der Waals surface area contributed by atoms with Crippen molar-refractivity contribution in [2.75, 3.05) is 6.54 Å². The third kappa shape index (κ3) is 3.44. The van der Waals surface area contributed by atoms with E-state index in [1.807, 2.05) is 24.3 Å². The van der Waals surface area contributed by atoms with E-state index >= 15 is 0 Å². The fourth-order valence-corrected chi connectivity index (χ4v) is 2.80. The van der Waals surface area contributed by atoms with Crippen LogP contribution in [0, 0.1) is 5.92 Å². The number of aliphatic hydroxyl groups is 1. The van der Waals surface area contributed by atoms with Gasteiger partial charge in [0.15, 0.2) is 0 Å². The Morgan fingerprint density at radius 1 is 1.47 bits per heavy atom. The normalized spacial score (nSPS) is 26.8. The Bertz CT molecular complexity index is 369. The molecule has 3 unspecified atom stereocenters. The highest BCUT2D eigenvalue weighted by atomic mass is 35.5. The van der Waals surface area contributed by atoms with Crippen LogP contribution in [-0.4, -0.2) is 17.7 Å². The van der Waals surface area contributed by atoms with Crippen molar-refractivity contribution in [3.05, 3.63) is 34.9 Å². The Kier molecular flexibility index (Phi) is 4.43. The quantitative estimate of drug-likeness (QED) is 0.867. The molecule has 0 radical (unpaired) electrons. The fourth-order valence-electron chi connectivity index (χ4n) is 2.54. The second kappa shape index (κ2) is 5.85. The van der Waals surface area contributed by atoms with Crippen molar-refractivity contribution in [3.8, 4) is 0 Å². The highest BCUT2D eigenvalue weighted by molar-refractivity contribution is 6.31. The molecule has 1 heterocycles. The molecule has 0 bridgehead atoms. The topological polar surface area (TPSA) is 32.3 Å². The third-order valence-corrected chi connectivity index (χ3v) is 3.87. The Morgan fingerprint density at radius 2 is 2.24 bits per heavy atom. The molecule has 3 heteroatoms. The van der Waals surface area contributed by atoms with Crippen molar-refractivity contribution in [2.24, 2.45) is 5.92 Å². The average Bonchev–Trinajstić information content (AvgIpc) is 2.29. The Hall–Kier alpha value is -0.570. The first-order valence-corrected chi connectivity index (χ1v) is 6.70. The molecule has 2 N–H and O–H groups in total. The molecule has 1 aromatic carbocycles. The summed E-state index contributed by atoms with van der Waals surface area (Å²) in [6.45, 7) is 3.33. The summed E-state index contributed by atoms with van der Waals surface area (Å²) in [6.07, 6.45) is 2.65. The molecule has 0 aliphatic carbocycles. The van der Waals surface area contributed by atoms with Crippen molar-refractivity contribution in [1.29, 1.82) is 0 Å². The molecule has 0 spiro atoms. The molecule has 1 aromatic rings. The second-order valence-corrected chi connectivity index (χ2v) is 5.46. The lowest BCUT2D eigenvalue weighted by molar-refractivity contribution is 0.138. The van der Waals surface area contributed by atoms with Crippen LogP contribution in [0.2, 0.25) is 5.02 Å². The van der Waals surface area contributed by atoms with Gasteiger partial charge < -0.3 is 10.4 Å². The first-order valence-electron chi connectivity index (χ1n) is 6.32. The van der Waals surface area contributed by atoms with Crippen LogP contribution in [0.15, 0.2) is 24.3 Å². The van der Waals surface area contributed by atoms with Gasteiger partial charge in [-0.3, -0.25) is 0 Å². The molecule has 0 aromatic heterocycles. The molecule has 1 aliphatic rings. The van der Waals surface area contributed by atoms with Gasteiger partial charge in [0.1, 0.15) is 0 Å². The second-order valence-electron chi connectivity index (χ2n) is 5.05. The minimum Gasteiger partial charge on any atom is -0.388 e. The number of rotatable bonds is 3. The zero-order valence-corrected chi connectivity index (χ0v) is 11.0. The van der Waals surface area contributed by atoms with E-state index in [1.165, 1.54) is 6.42 Å². The molecule has 0 saturated carbocycles. The van der Waals surface area contributed by atoms with Crippen molar-refractivity contribution >= 4 is 11.6 Å². The van der Waals surface area contributed by atoms with Gasteiger partial charge in [-0.05, 0) is 43.4 Å². The van der Waals surface area contributed by atoms with Crippen LogP contribution in [0.25, 0.3) is 0 Å². The van der Waals surface area contributed by atoms with Crippen molar-refractivity contribution < 1.29 is 5.11 Å². The van der Waals surface area contributed by atoms with Crippen LogP contribution in [0.4, 0.5) is 0 Å². The SMILES string of the molecule is CC1CCNC(CC(O)c2ccccc2Cl)C1. The van der Waals surface area contributed by atoms with Crippen LogP contribution in [0.5, 0.6) is 0 Å². The molecule has 1 saturated heterocycles. The van der Waals surface area contributed by atoms with Gasteiger partial charge in [-0.1, -0.05) is 36.7 Å². The fraction of sp³-hybridized carbons (Fsp3) is 0.571. The molecule has 0 amide bonds. The Balaban J connectivity index is 1.97. The maximum atomic E-state index is 10.2. The lowest BCUT2D eigenvalue weighted by atomic mass is 9.90. The van der Waals surface area contributed by atoms with E-state index in [9.17, 15) is 5.11 Å². The van der Waals surface area contributed by atoms with Gasteiger partial charge in [0.25, 0.3) is 0 Å². The zero-order chi connectivity index (χ0) is 12.3. The number of piperidine rings is 1. The van der Waals surface area contributed by atoms with Gasteiger partial charge in [-0.15, -0.1) is 0 Å². The molecule has 2 rings (SSSR count). The molecule has 17 heavy (non-hydrogen) atoms. The van der Waals surface area contributed by atoms with Crippen molar-refractivity contribution in [1.82, 2.24) is 5.32 Å². The summed E-state index contributed by atoms with van der Waals surface area (Å²) in [5.74, 6) is 0.750. The standard InChI is InChI=1S/C14H20ClNO/c1-10-6-7-16-11(8-10)9-14(17)12-4-2-3-5-13(12)15/h2-5,10-11,14,16-17H,6-9H2,1H3. The minimum absolute atomic E-state index is 0.407. The molecule has 2 nitrogen and oxygen atoms in total. The Labute approximate surface area is 108 Å². The first-order chi connectivity index (χ1) is 8.16. The van der Waals surface area contributed by atoms with Crippen molar-refractivity contribution in [2.45, 2.75) is 38.3 Å². The molecule has 1 fully saturated rings. The largest absolute Gasteiger partial charge is 0.388 e. The van der Waals surface area contributed by atoms with Gasteiger partial charge in [-0.25, -0.2) is 0 Å². The van der Waals surface area contributed by atoms with E-state index in [1.54, 1.807) is 0 Å². The molecule has 94 valence electrons. The molecular weight excluding hydrogens is 234 g/mol. The summed E-state index contributed by atoms with van der Waals surface area (Å²) in [5.41, 5.74) is 0.842. The maximum Gasteiger partial charge on any atom is 0.0819 e. The van der Waals surface area contributed by atoms with E-state index in [4.69, 9.17) is 11.6 Å². The van der Waals surface area contributed by atoms with Gasteiger partial charge >= 0.3 is 0 Å². The molecule has 1 aliphatic heterocycles. The minimum atomic E-state index is -0.466. The van der Waals surface area contributed by atoms with Crippen LogP contribution in [0.3, 0.4) is 0 Å². The van der Waals surface area contributed by atoms with Gasteiger partial charge in [0.2, 0.25) is 0 Å². The Morgan fingerprint density at radius 3 is 2.94 bits per heavy atom. The summed E-state index contributed by atoms with van der Waals surface area (Å²) in [6, 6.07) is 7.95. The van der Waals surface area contributed by atoms with Gasteiger partial charge in [0.05, 0.1) is 6.10 Å². The van der Waals surface area contributed by atoms with Crippen LogP contribution < -0.4 is 5.32 Å². The maximum absolute atomic E-state index is 10.2. The zero-order valence-electron chi connectivity index (χ0n) is 10.2. The lowest BCUT2D eigenvalue weighted by Crippen LogP contribution is -2.38. The highest BCUT2D eigenvalue weighted by Crippen LogP contribution is 2.28. The number of nitrogens with one attached hydrogen (secondary N) is 1. The predicted octanol–water partition coefficient (Wildman–Crippen LogP) is 3.15. The van der Waals surface area contributed by atoms with Crippen LogP contribution >= 0.6 is 11.6 Å². The summed E-state index contributed by atoms with van der Waals surface area (Å²) < 4.78 is 0. The summed E-state index contributed by atoms with van der Waals surface area (Å²) in [5, 5.41) is 14.3. The van der Waals surface area contributed by atoms with E-state index in [-0.39, 0.29) is 0 Å². The summed E-state index contributed by atoms with van der Waals surface area (Å²) in [4.78, 5) is 0. The predicted molar refractivity (Wildman–Crippen MR) is 71.2 cm³/mol. The average molecular weight is 254 g/mol. The van der Waals surface area contributed by atoms with E-state index in [0.717, 1.165) is 30.9 Å². The number of halogens is 1. The smallest absolute Gasteiger partial charge is 0.0819 e. The van der Waals surface area contributed by atoms with Gasteiger partial charge in [-0.2, -0.15) is 0 Å². The van der Waals surface area contributed by atoms with E-state index in [0.29, 0.717) is 11.1 Å². The van der Waals surface area contributed by atoms with Crippen LogP contribution in [0.1, 0.15) is 37.9 Å². The van der Waals surface area contributed by atoms with E-state index in [2.05, 4.69) is 12.2 Å². The molecular formula is C14H20ClNO. The molecule has 3 atom stereocenters. The summed E-state index contributed by atoms with van der Waals surface area (Å²) in [7, 11) is 0. The summed E-state index contributed by atoms with van der Waals surface area (Å²) >= 11 is 6.09. The van der Waals surface area contributed by atoms with E-state index < -0.39 is 6.10 Å². The van der Waals surface area contributed by atoms with Crippen molar-refractivity contribution in [3.63, 3.8) is 0 Å². The monoisotopic (exact) mass is 253 g/mol. The third-order valence-electron chi connectivity index (χ3n) is 3.53. The number of aliphatic hydroxyl groups excluding tert-OH is 1. The van der Waals surface area contributed by atoms with Crippen LogP contribution in [-0.2, 0) is 0 Å². The highest BCUT2D eigenvalue weighted by Gasteiger charge is 2.22.